The molecule has 2 aromatic rings. The molecule has 1 aliphatic carbocycles. The van der Waals surface area contributed by atoms with Crippen LogP contribution in [-0.2, 0) is 32.1 Å². The van der Waals surface area contributed by atoms with Gasteiger partial charge < -0.3 is 20.9 Å². The molecule has 0 aromatic carbocycles. The highest BCUT2D eigenvalue weighted by Crippen LogP contribution is 2.42. The van der Waals surface area contributed by atoms with E-state index >= 15 is 0 Å². The third-order valence-corrected chi connectivity index (χ3v) is 8.43. The number of Topliss-reactive ketones (excluding diaryl/α,β-unsaturated/α-hetero) is 2. The number of piperidine rings is 1. The first-order chi connectivity index (χ1) is 18.5. The number of hydrogen-bond acceptors (Lipinski definition) is 11. The highest BCUT2D eigenvalue weighted by Gasteiger charge is 2.76. The van der Waals surface area contributed by atoms with Crippen molar-refractivity contribution in [2.24, 2.45) is 0 Å². The van der Waals surface area contributed by atoms with Crippen LogP contribution in [0.2, 0.25) is 5.02 Å². The number of hydrazine groups is 1. The van der Waals surface area contributed by atoms with Gasteiger partial charge in [0.2, 0.25) is 11.6 Å². The van der Waals surface area contributed by atoms with Gasteiger partial charge in [0.25, 0.3) is 5.91 Å². The van der Waals surface area contributed by atoms with Crippen LogP contribution in [-0.4, -0.2) is 106 Å². The molecule has 0 unspecified atom stereocenters. The second-order valence-corrected chi connectivity index (χ2v) is 11.4. The van der Waals surface area contributed by atoms with Gasteiger partial charge in [0, 0.05) is 51.2 Å². The van der Waals surface area contributed by atoms with Crippen molar-refractivity contribution >= 4 is 58.0 Å². The summed E-state index contributed by atoms with van der Waals surface area (Å²) in [4.78, 5) is 76.1. The first kappa shape index (κ1) is 27.3. The highest BCUT2D eigenvalue weighted by atomic mass is 35.5. The maximum absolute atomic E-state index is 13.4. The predicted octanol–water partition coefficient (Wildman–Crippen LogP) is -0.526. The zero-order valence-electron chi connectivity index (χ0n) is 21.5. The van der Waals surface area contributed by atoms with Crippen LogP contribution in [0.3, 0.4) is 0 Å². The lowest BCUT2D eigenvalue weighted by Gasteiger charge is -2.46. The third-order valence-electron chi connectivity index (χ3n) is 7.13. The van der Waals surface area contributed by atoms with E-state index in [9.17, 15) is 24.0 Å². The van der Waals surface area contributed by atoms with Gasteiger partial charge in [-0.3, -0.25) is 24.0 Å². The molecule has 2 atom stereocenters. The Morgan fingerprint density at radius 2 is 1.87 bits per heavy atom. The molecule has 4 heterocycles. The van der Waals surface area contributed by atoms with Gasteiger partial charge in [-0.05, 0) is 25.6 Å². The number of fused-ring (bicyclic) bond motifs is 1. The number of aromatic nitrogens is 2. The van der Waals surface area contributed by atoms with Gasteiger partial charge in [-0.1, -0.05) is 11.6 Å². The molecule has 13 nitrogen and oxygen atoms in total. The van der Waals surface area contributed by atoms with Gasteiger partial charge >= 0.3 is 11.8 Å². The van der Waals surface area contributed by atoms with E-state index < -0.39 is 46.9 Å². The lowest BCUT2D eigenvalue weighted by atomic mass is 9.89. The number of pyridine rings is 1. The standard InChI is InChI=1S/C24H27ClN8O5S/c1-31(2)33-9-7-14(27-20(36)21(37)29-16-5-4-12(25)10-26-16)17(24(33)18(34)19(24)35)30-22(38)23-28-13-6-8-32(3)11-15(13)39-23/h4-5,10,14,17H,6-9,11H2,1-3H3,(H,27,36)(H,30,38)(H,26,29,37)/t14-,17+/m0/s1. The number of carbonyl (C=O) groups excluding carboxylic acids is 5. The molecule has 1 saturated carbocycles. The van der Waals surface area contributed by atoms with E-state index in [0.717, 1.165) is 17.1 Å². The molecule has 39 heavy (non-hydrogen) atoms. The van der Waals surface area contributed by atoms with Crippen LogP contribution in [0.5, 0.6) is 0 Å². The number of amides is 3. The lowest BCUT2D eigenvalue weighted by Crippen LogP contribution is -2.71. The van der Waals surface area contributed by atoms with Gasteiger partial charge in [-0.2, -0.15) is 0 Å². The maximum atomic E-state index is 13.4. The van der Waals surface area contributed by atoms with Crippen molar-refractivity contribution in [1.29, 1.82) is 0 Å². The average molecular weight is 575 g/mol. The van der Waals surface area contributed by atoms with Crippen molar-refractivity contribution < 1.29 is 24.0 Å². The summed E-state index contributed by atoms with van der Waals surface area (Å²) in [6, 6.07) is 0.925. The number of hydrogen-bond donors (Lipinski definition) is 3. The number of ketones is 2. The Hall–Kier alpha value is -3.30. The largest absolute Gasteiger partial charge is 0.343 e. The Kier molecular flexibility index (Phi) is 7.24. The molecule has 3 amide bonds. The van der Waals surface area contributed by atoms with Crippen molar-refractivity contribution in [3.05, 3.63) is 38.9 Å². The summed E-state index contributed by atoms with van der Waals surface area (Å²) in [5.74, 6) is -3.77. The molecule has 0 radical (unpaired) electrons. The van der Waals surface area contributed by atoms with Crippen molar-refractivity contribution in [1.82, 2.24) is 35.5 Å². The lowest BCUT2D eigenvalue weighted by molar-refractivity contribution is -0.139. The zero-order valence-corrected chi connectivity index (χ0v) is 23.1. The highest BCUT2D eigenvalue weighted by molar-refractivity contribution is 7.13. The molecule has 1 saturated heterocycles. The van der Waals surface area contributed by atoms with Crippen LogP contribution in [0.25, 0.3) is 0 Å². The number of thiazole rings is 1. The molecule has 2 fully saturated rings. The molecule has 3 aliphatic rings. The summed E-state index contributed by atoms with van der Waals surface area (Å²) in [7, 11) is 5.37. The van der Waals surface area contributed by atoms with Gasteiger partial charge in [-0.15, -0.1) is 11.3 Å². The number of nitrogens with one attached hydrogen (secondary N) is 3. The van der Waals surface area contributed by atoms with E-state index in [0.29, 0.717) is 18.0 Å². The Labute approximate surface area is 232 Å². The average Bonchev–Trinajstić information content (AvgIpc) is 3.22. The number of rotatable bonds is 5. The quantitative estimate of drug-likeness (QED) is 0.313. The molecule has 206 valence electrons. The van der Waals surface area contributed by atoms with Gasteiger partial charge in [0.05, 0.1) is 22.8 Å². The fraction of sp³-hybridized carbons (Fsp3) is 0.458. The van der Waals surface area contributed by atoms with Crippen molar-refractivity contribution in [3.63, 3.8) is 0 Å². The number of anilines is 1. The molecular weight excluding hydrogens is 548 g/mol. The van der Waals surface area contributed by atoms with E-state index in [1.54, 1.807) is 24.1 Å². The molecule has 1 spiro atoms. The molecule has 2 aliphatic heterocycles. The van der Waals surface area contributed by atoms with Crippen molar-refractivity contribution in [2.45, 2.75) is 37.0 Å². The Bertz CT molecular complexity index is 1350. The van der Waals surface area contributed by atoms with Gasteiger partial charge in [0.1, 0.15) is 5.82 Å². The summed E-state index contributed by atoms with van der Waals surface area (Å²) >= 11 is 7.07. The molecule has 15 heteroatoms. The fourth-order valence-electron chi connectivity index (χ4n) is 5.17. The molecule has 2 aromatic heterocycles. The SMILES string of the molecule is CN1CCc2nc(C(=O)N[C@@H]3[C@@H](NC(=O)C(=O)Nc4ccc(Cl)cn4)CCN(N(C)C)C34C(=O)C4=O)sc2C1. The monoisotopic (exact) mass is 574 g/mol. The van der Waals surface area contributed by atoms with Crippen molar-refractivity contribution in [3.8, 4) is 0 Å². The first-order valence-corrected chi connectivity index (χ1v) is 13.5. The number of nitrogens with zero attached hydrogens (tertiary/aromatic N) is 5. The summed E-state index contributed by atoms with van der Waals surface area (Å²) in [5.41, 5.74) is -0.826. The van der Waals surface area contributed by atoms with Crippen LogP contribution in [0.15, 0.2) is 18.3 Å². The van der Waals surface area contributed by atoms with E-state index in [2.05, 4.69) is 30.8 Å². The Morgan fingerprint density at radius 3 is 2.51 bits per heavy atom. The topological polar surface area (TPSA) is 157 Å². The molecule has 3 N–H and O–H groups in total. The molecular formula is C24H27ClN8O5S. The maximum Gasteiger partial charge on any atom is 0.314 e. The first-order valence-electron chi connectivity index (χ1n) is 12.3. The molecule has 5 rings (SSSR count). The normalized spacial score (nSPS) is 22.5. The number of halogens is 1. The third kappa shape index (κ3) is 4.94. The van der Waals surface area contributed by atoms with Crippen LogP contribution in [0, 0.1) is 0 Å². The summed E-state index contributed by atoms with van der Waals surface area (Å²) in [6.45, 7) is 1.74. The Morgan fingerprint density at radius 1 is 1.13 bits per heavy atom. The minimum atomic E-state index is -1.68. The second kappa shape index (κ2) is 10.4. The van der Waals surface area contributed by atoms with E-state index in [4.69, 9.17) is 11.6 Å². The van der Waals surface area contributed by atoms with Crippen molar-refractivity contribution in [2.75, 3.05) is 39.5 Å². The van der Waals surface area contributed by atoms with Crippen LogP contribution >= 0.6 is 22.9 Å². The van der Waals surface area contributed by atoms with Crippen LogP contribution in [0.4, 0.5) is 5.82 Å². The van der Waals surface area contributed by atoms with E-state index in [-0.39, 0.29) is 23.8 Å². The van der Waals surface area contributed by atoms with Crippen LogP contribution in [0.1, 0.15) is 26.8 Å². The van der Waals surface area contributed by atoms with Crippen LogP contribution < -0.4 is 16.0 Å². The molecule has 0 bridgehead atoms. The van der Waals surface area contributed by atoms with Gasteiger partial charge in [0.15, 0.2) is 10.5 Å². The Balaban J connectivity index is 1.39. The summed E-state index contributed by atoms with van der Waals surface area (Å²) in [5, 5.41) is 11.6. The fourth-order valence-corrected chi connectivity index (χ4v) is 6.37. The number of likely N-dealkylation sites (N-methyl/N-ethyl adjacent to an activating group) is 1. The summed E-state index contributed by atoms with van der Waals surface area (Å²) in [6.07, 6.45) is 2.29. The minimum Gasteiger partial charge on any atom is -0.343 e. The minimum absolute atomic E-state index is 0.120. The van der Waals surface area contributed by atoms with E-state index in [1.807, 2.05) is 7.05 Å². The zero-order chi connectivity index (χ0) is 28.1. The smallest absolute Gasteiger partial charge is 0.314 e. The number of carbonyl (C=O) groups is 5. The summed E-state index contributed by atoms with van der Waals surface area (Å²) < 4.78 is 0. The van der Waals surface area contributed by atoms with Gasteiger partial charge in [-0.25, -0.2) is 20.0 Å². The predicted molar refractivity (Wildman–Crippen MR) is 141 cm³/mol. The van der Waals surface area contributed by atoms with E-state index in [1.165, 1.54) is 29.7 Å². The second-order valence-electron chi connectivity index (χ2n) is 9.91.